The van der Waals surface area contributed by atoms with Crippen molar-refractivity contribution in [2.45, 2.75) is 18.2 Å². The number of carbonyl (C=O) groups excluding carboxylic acids is 1. The third-order valence-electron chi connectivity index (χ3n) is 3.05. The van der Waals surface area contributed by atoms with Crippen LogP contribution >= 0.6 is 23.4 Å². The number of hydrogen-bond acceptors (Lipinski definition) is 4. The number of ether oxygens (including phenoxy) is 1. The highest BCUT2D eigenvalue weighted by Gasteiger charge is 2.12. The maximum atomic E-state index is 12.2. The fraction of sp³-hybridized carbons (Fsp3) is 0.250. The van der Waals surface area contributed by atoms with Crippen LogP contribution in [0.2, 0.25) is 5.02 Å². The molecule has 2 aromatic rings. The molecule has 2 rings (SSSR count). The van der Waals surface area contributed by atoms with Crippen molar-refractivity contribution in [2.24, 2.45) is 0 Å². The van der Waals surface area contributed by atoms with Gasteiger partial charge in [-0.25, -0.2) is 4.98 Å². The minimum atomic E-state index is -2.85. The number of hydrogen-bond donors (Lipinski definition) is 0. The molecule has 0 saturated heterocycles. The predicted molar refractivity (Wildman–Crippen MR) is 89.5 cm³/mol. The van der Waals surface area contributed by atoms with E-state index in [2.05, 4.69) is 9.72 Å². The van der Waals surface area contributed by atoms with Gasteiger partial charge in [0.25, 0.3) is 0 Å². The summed E-state index contributed by atoms with van der Waals surface area (Å²) in [6.07, 6.45) is 1.62. The summed E-state index contributed by atoms with van der Waals surface area (Å²) in [6.45, 7) is -2.49. The molecule has 0 radical (unpaired) electrons. The van der Waals surface area contributed by atoms with Gasteiger partial charge in [-0.2, -0.15) is 8.78 Å². The minimum absolute atomic E-state index is 0.0862. The van der Waals surface area contributed by atoms with Crippen LogP contribution < -0.4 is 4.74 Å². The monoisotopic (exact) mass is 372 g/mol. The number of aromatic nitrogens is 1. The number of carbonyl (C=O) groups is 1. The van der Waals surface area contributed by atoms with E-state index in [-0.39, 0.29) is 17.4 Å². The lowest BCUT2D eigenvalue weighted by molar-refractivity contribution is -0.127. The first-order valence-electron chi connectivity index (χ1n) is 6.96. The number of nitrogens with zero attached hydrogens (tertiary/aromatic N) is 2. The van der Waals surface area contributed by atoms with Crippen molar-refractivity contribution in [3.05, 3.63) is 53.2 Å². The maximum Gasteiger partial charge on any atom is 0.387 e. The zero-order valence-corrected chi connectivity index (χ0v) is 14.4. The normalized spacial score (nSPS) is 10.7. The number of pyridine rings is 1. The topological polar surface area (TPSA) is 42.4 Å². The number of amides is 1. The summed E-state index contributed by atoms with van der Waals surface area (Å²) < 4.78 is 28.5. The molecule has 8 heteroatoms. The quantitative estimate of drug-likeness (QED) is 0.687. The van der Waals surface area contributed by atoms with Crippen LogP contribution in [0, 0.1) is 0 Å². The maximum absolute atomic E-state index is 12.2. The highest BCUT2D eigenvalue weighted by Crippen LogP contribution is 2.24. The van der Waals surface area contributed by atoms with Crippen LogP contribution in [0.1, 0.15) is 5.56 Å². The van der Waals surface area contributed by atoms with E-state index in [1.807, 2.05) is 0 Å². The van der Waals surface area contributed by atoms with Gasteiger partial charge in [-0.15, -0.1) is 0 Å². The molecule has 0 aliphatic heterocycles. The molecule has 4 nitrogen and oxygen atoms in total. The van der Waals surface area contributed by atoms with Gasteiger partial charge < -0.3 is 9.64 Å². The Balaban J connectivity index is 1.86. The molecular formula is C16H15ClF2N2O2S. The molecule has 0 spiro atoms. The first-order valence-corrected chi connectivity index (χ1v) is 8.33. The average molecular weight is 373 g/mol. The second kappa shape index (κ2) is 8.84. The Labute approximate surface area is 147 Å². The average Bonchev–Trinajstić information content (AvgIpc) is 2.55. The third-order valence-corrected chi connectivity index (χ3v) is 4.46. The number of halogens is 3. The molecule has 0 aliphatic carbocycles. The number of thioether (sulfide) groups is 1. The first kappa shape index (κ1) is 18.5. The molecular weight excluding hydrogens is 358 g/mol. The van der Waals surface area contributed by atoms with Crippen molar-refractivity contribution in [2.75, 3.05) is 12.8 Å². The molecule has 128 valence electrons. The second-order valence-electron chi connectivity index (χ2n) is 4.85. The zero-order valence-electron chi connectivity index (χ0n) is 12.8. The molecule has 0 unspecified atom stereocenters. The van der Waals surface area contributed by atoms with Crippen LogP contribution in [0.25, 0.3) is 0 Å². The van der Waals surface area contributed by atoms with E-state index in [1.54, 1.807) is 42.4 Å². The van der Waals surface area contributed by atoms with E-state index in [0.29, 0.717) is 16.6 Å². The number of alkyl halides is 2. The predicted octanol–water partition coefficient (Wildman–Crippen LogP) is 4.09. The van der Waals surface area contributed by atoms with E-state index >= 15 is 0 Å². The van der Waals surface area contributed by atoms with Crippen LogP contribution in [-0.2, 0) is 11.3 Å². The van der Waals surface area contributed by atoms with Crippen molar-refractivity contribution in [3.8, 4) is 5.75 Å². The minimum Gasteiger partial charge on any atom is -0.435 e. The number of rotatable bonds is 7. The van der Waals surface area contributed by atoms with Gasteiger partial charge in [0.05, 0.1) is 10.8 Å². The van der Waals surface area contributed by atoms with E-state index in [4.69, 9.17) is 11.6 Å². The Morgan fingerprint density at radius 3 is 2.67 bits per heavy atom. The first-order chi connectivity index (χ1) is 11.5. The molecule has 24 heavy (non-hydrogen) atoms. The van der Waals surface area contributed by atoms with Crippen LogP contribution in [-0.4, -0.2) is 35.2 Å². The van der Waals surface area contributed by atoms with Gasteiger partial charge in [0.2, 0.25) is 5.91 Å². The lowest BCUT2D eigenvalue weighted by Crippen LogP contribution is -2.27. The number of benzene rings is 1. The molecule has 0 aliphatic rings. The Morgan fingerprint density at radius 1 is 1.33 bits per heavy atom. The van der Waals surface area contributed by atoms with Gasteiger partial charge in [-0.05, 0) is 29.8 Å². The summed E-state index contributed by atoms with van der Waals surface area (Å²) in [5.41, 5.74) is 0.813. The fourth-order valence-electron chi connectivity index (χ4n) is 1.86. The van der Waals surface area contributed by atoms with E-state index < -0.39 is 6.61 Å². The molecule has 0 fully saturated rings. The summed E-state index contributed by atoms with van der Waals surface area (Å²) >= 11 is 7.26. The lowest BCUT2D eigenvalue weighted by atomic mass is 10.2. The van der Waals surface area contributed by atoms with Gasteiger partial charge in [0.1, 0.15) is 10.8 Å². The highest BCUT2D eigenvalue weighted by molar-refractivity contribution is 8.00. The Kier molecular flexibility index (Phi) is 6.81. The molecule has 0 atom stereocenters. The van der Waals surface area contributed by atoms with Gasteiger partial charge in [-0.3, -0.25) is 4.79 Å². The summed E-state index contributed by atoms with van der Waals surface area (Å²) in [5, 5.41) is 1.11. The van der Waals surface area contributed by atoms with Gasteiger partial charge in [-0.1, -0.05) is 35.5 Å². The van der Waals surface area contributed by atoms with Crippen molar-refractivity contribution >= 4 is 29.3 Å². The molecule has 0 bridgehead atoms. The SMILES string of the molecule is CN(Cc1ccc(OC(F)F)cc1)C(=O)CSc1ncccc1Cl. The third kappa shape index (κ3) is 5.65. The molecule has 0 saturated carbocycles. The van der Waals surface area contributed by atoms with Crippen LogP contribution in [0.5, 0.6) is 5.75 Å². The van der Waals surface area contributed by atoms with Gasteiger partial charge in [0.15, 0.2) is 0 Å². The second-order valence-corrected chi connectivity index (χ2v) is 6.22. The molecule has 0 N–H and O–H groups in total. The highest BCUT2D eigenvalue weighted by atomic mass is 35.5. The van der Waals surface area contributed by atoms with Crippen LogP contribution in [0.3, 0.4) is 0 Å². The van der Waals surface area contributed by atoms with E-state index in [1.165, 1.54) is 23.9 Å². The molecule has 1 aromatic carbocycles. The van der Waals surface area contributed by atoms with Crippen molar-refractivity contribution in [3.63, 3.8) is 0 Å². The lowest BCUT2D eigenvalue weighted by Gasteiger charge is -2.17. The Bertz CT molecular complexity index is 686. The largest absolute Gasteiger partial charge is 0.435 e. The molecule has 1 amide bonds. The van der Waals surface area contributed by atoms with Crippen LogP contribution in [0.4, 0.5) is 8.78 Å². The van der Waals surface area contributed by atoms with E-state index in [0.717, 1.165) is 5.56 Å². The van der Waals surface area contributed by atoms with E-state index in [9.17, 15) is 13.6 Å². The Hall–Kier alpha value is -1.86. The molecule has 1 heterocycles. The zero-order chi connectivity index (χ0) is 17.5. The standard InChI is InChI=1S/C16H15ClF2N2O2S/c1-21(9-11-4-6-12(7-5-11)23-16(18)19)14(22)10-24-15-13(17)3-2-8-20-15/h2-8,16H,9-10H2,1H3. The summed E-state index contributed by atoms with van der Waals surface area (Å²) in [7, 11) is 1.67. The molecule has 1 aromatic heterocycles. The fourth-order valence-corrected chi connectivity index (χ4v) is 2.96. The Morgan fingerprint density at radius 2 is 2.04 bits per heavy atom. The summed E-state index contributed by atoms with van der Waals surface area (Å²) in [4.78, 5) is 17.8. The van der Waals surface area contributed by atoms with Crippen LogP contribution in [0.15, 0.2) is 47.6 Å². The summed E-state index contributed by atoms with van der Waals surface area (Å²) in [6, 6.07) is 9.62. The van der Waals surface area contributed by atoms with Crippen molar-refractivity contribution < 1.29 is 18.3 Å². The smallest absolute Gasteiger partial charge is 0.387 e. The van der Waals surface area contributed by atoms with Crippen molar-refractivity contribution in [1.29, 1.82) is 0 Å². The summed E-state index contributed by atoms with van der Waals surface area (Å²) in [5.74, 6) is 0.206. The van der Waals surface area contributed by atoms with Gasteiger partial charge in [0, 0.05) is 19.8 Å². The van der Waals surface area contributed by atoms with Crippen molar-refractivity contribution in [1.82, 2.24) is 9.88 Å². The van der Waals surface area contributed by atoms with Gasteiger partial charge >= 0.3 is 6.61 Å².